The van der Waals surface area contributed by atoms with Crippen molar-refractivity contribution >= 4 is 12.4 Å². The van der Waals surface area contributed by atoms with Crippen molar-refractivity contribution in [2.24, 2.45) is 5.73 Å². The third-order valence-electron chi connectivity index (χ3n) is 2.40. The fourth-order valence-electron chi connectivity index (χ4n) is 1.52. The smallest absolute Gasteiger partial charge is 0.123 e. The van der Waals surface area contributed by atoms with Crippen LogP contribution in [-0.4, -0.2) is 0 Å². The van der Waals surface area contributed by atoms with Gasteiger partial charge in [0, 0.05) is 6.04 Å². The van der Waals surface area contributed by atoms with Crippen molar-refractivity contribution in [3.63, 3.8) is 0 Å². The Balaban J connectivity index is 0.00000196. The summed E-state index contributed by atoms with van der Waals surface area (Å²) >= 11 is 0. The summed E-state index contributed by atoms with van der Waals surface area (Å²) in [7, 11) is 0. The maximum Gasteiger partial charge on any atom is 0.123 e. The molecule has 0 radical (unpaired) electrons. The molecule has 1 atom stereocenters. The van der Waals surface area contributed by atoms with Crippen molar-refractivity contribution in [1.82, 2.24) is 0 Å². The van der Waals surface area contributed by atoms with E-state index in [1.54, 1.807) is 6.07 Å². The average Bonchev–Trinajstić information content (AvgIpc) is 2.18. The van der Waals surface area contributed by atoms with Gasteiger partial charge in [0.1, 0.15) is 5.82 Å². The number of halogens is 2. The van der Waals surface area contributed by atoms with E-state index in [1.807, 2.05) is 6.07 Å². The van der Waals surface area contributed by atoms with Crippen molar-refractivity contribution < 1.29 is 4.39 Å². The first kappa shape index (κ1) is 14.4. The van der Waals surface area contributed by atoms with Crippen molar-refractivity contribution in [3.8, 4) is 0 Å². The molecule has 0 saturated carbocycles. The molecule has 0 unspecified atom stereocenters. The zero-order chi connectivity index (χ0) is 10.4. The van der Waals surface area contributed by atoms with Gasteiger partial charge < -0.3 is 5.73 Å². The molecule has 0 amide bonds. The molecule has 0 aliphatic rings. The highest BCUT2D eigenvalue weighted by atomic mass is 35.5. The molecule has 2 N–H and O–H groups in total. The lowest BCUT2D eigenvalue weighted by Crippen LogP contribution is -2.10. The van der Waals surface area contributed by atoms with E-state index in [0.29, 0.717) is 0 Å². The fraction of sp³-hybridized carbons (Fsp3) is 0.500. The molecule has 1 aromatic carbocycles. The van der Waals surface area contributed by atoms with Gasteiger partial charge in [0.2, 0.25) is 0 Å². The topological polar surface area (TPSA) is 26.0 Å². The highest BCUT2D eigenvalue weighted by Gasteiger charge is 2.05. The van der Waals surface area contributed by atoms with Crippen molar-refractivity contribution in [2.45, 2.75) is 38.6 Å². The van der Waals surface area contributed by atoms with Crippen LogP contribution in [0.5, 0.6) is 0 Å². The summed E-state index contributed by atoms with van der Waals surface area (Å²) in [5.74, 6) is -0.201. The molecule has 86 valence electrons. The Hall–Kier alpha value is -0.600. The fourth-order valence-corrected chi connectivity index (χ4v) is 1.52. The van der Waals surface area contributed by atoms with Crippen LogP contribution in [0.4, 0.5) is 4.39 Å². The van der Waals surface area contributed by atoms with Crippen molar-refractivity contribution in [2.75, 3.05) is 0 Å². The maximum absolute atomic E-state index is 12.9. The second-order valence-corrected chi connectivity index (χ2v) is 3.66. The first-order valence-corrected chi connectivity index (χ1v) is 5.25. The molecule has 3 heteroatoms. The lowest BCUT2D eigenvalue weighted by molar-refractivity contribution is 0.572. The van der Waals surface area contributed by atoms with Crippen LogP contribution in [0.3, 0.4) is 0 Å². The zero-order valence-electron chi connectivity index (χ0n) is 9.08. The van der Waals surface area contributed by atoms with E-state index in [-0.39, 0.29) is 24.3 Å². The van der Waals surface area contributed by atoms with Crippen LogP contribution in [0.2, 0.25) is 0 Å². The average molecular weight is 232 g/mol. The maximum atomic E-state index is 12.9. The largest absolute Gasteiger partial charge is 0.324 e. The van der Waals surface area contributed by atoms with E-state index >= 15 is 0 Å². The van der Waals surface area contributed by atoms with Crippen LogP contribution in [0.15, 0.2) is 24.3 Å². The predicted octanol–water partition coefficient (Wildman–Crippen LogP) is 3.83. The lowest BCUT2D eigenvalue weighted by atomic mass is 10.0. The van der Waals surface area contributed by atoms with Gasteiger partial charge >= 0.3 is 0 Å². The third kappa shape index (κ3) is 5.14. The molecule has 15 heavy (non-hydrogen) atoms. The third-order valence-corrected chi connectivity index (χ3v) is 2.40. The Morgan fingerprint density at radius 3 is 2.67 bits per heavy atom. The minimum absolute atomic E-state index is 0. The minimum atomic E-state index is -0.201. The van der Waals surface area contributed by atoms with Gasteiger partial charge in [0.15, 0.2) is 0 Å². The predicted molar refractivity (Wildman–Crippen MR) is 64.7 cm³/mol. The standard InChI is InChI=1S/C12H18FN.ClH/c1-2-3-4-8-12(14)10-6-5-7-11(13)9-10;/h5-7,9,12H,2-4,8,14H2,1H3;1H/t12-;/m1./s1. The first-order chi connectivity index (χ1) is 6.74. The summed E-state index contributed by atoms with van der Waals surface area (Å²) in [5, 5.41) is 0. The van der Waals surface area contributed by atoms with E-state index in [1.165, 1.54) is 25.0 Å². The second kappa shape index (κ2) is 7.66. The molecule has 0 spiro atoms. The first-order valence-electron chi connectivity index (χ1n) is 5.25. The van der Waals surface area contributed by atoms with Crippen LogP contribution >= 0.6 is 12.4 Å². The molecule has 1 rings (SSSR count). The molecule has 1 nitrogen and oxygen atoms in total. The monoisotopic (exact) mass is 231 g/mol. The van der Waals surface area contributed by atoms with Crippen molar-refractivity contribution in [1.29, 1.82) is 0 Å². The van der Waals surface area contributed by atoms with E-state index in [9.17, 15) is 4.39 Å². The van der Waals surface area contributed by atoms with Gasteiger partial charge in [0.25, 0.3) is 0 Å². The van der Waals surface area contributed by atoms with Gasteiger partial charge in [0.05, 0.1) is 0 Å². The molecule has 0 aliphatic carbocycles. The summed E-state index contributed by atoms with van der Waals surface area (Å²) in [6, 6.07) is 6.56. The molecular formula is C12H19ClFN. The molecule has 0 saturated heterocycles. The van der Waals surface area contributed by atoms with Crippen LogP contribution in [-0.2, 0) is 0 Å². The Labute approximate surface area is 97.3 Å². The van der Waals surface area contributed by atoms with Gasteiger partial charge in [-0.2, -0.15) is 0 Å². The van der Waals surface area contributed by atoms with E-state index in [0.717, 1.165) is 18.4 Å². The molecule has 0 bridgehead atoms. The minimum Gasteiger partial charge on any atom is -0.324 e. The Morgan fingerprint density at radius 2 is 2.07 bits per heavy atom. The van der Waals surface area contributed by atoms with Crippen LogP contribution in [0.1, 0.15) is 44.2 Å². The Morgan fingerprint density at radius 1 is 1.33 bits per heavy atom. The summed E-state index contributed by atoms with van der Waals surface area (Å²) in [6.07, 6.45) is 4.45. The molecular weight excluding hydrogens is 213 g/mol. The molecule has 0 fully saturated rings. The number of hydrogen-bond acceptors (Lipinski definition) is 1. The lowest BCUT2D eigenvalue weighted by Gasteiger charge is -2.11. The summed E-state index contributed by atoms with van der Waals surface area (Å²) in [4.78, 5) is 0. The molecule has 0 heterocycles. The number of unbranched alkanes of at least 4 members (excludes halogenated alkanes) is 2. The van der Waals surface area contributed by atoms with E-state index in [4.69, 9.17) is 5.73 Å². The van der Waals surface area contributed by atoms with Crippen LogP contribution in [0.25, 0.3) is 0 Å². The molecule has 0 aromatic heterocycles. The SMILES string of the molecule is CCCCC[C@@H](N)c1cccc(F)c1.Cl. The number of benzene rings is 1. The highest BCUT2D eigenvalue weighted by Crippen LogP contribution is 2.17. The second-order valence-electron chi connectivity index (χ2n) is 3.66. The summed E-state index contributed by atoms with van der Waals surface area (Å²) in [5.41, 5.74) is 6.84. The van der Waals surface area contributed by atoms with E-state index < -0.39 is 0 Å². The Kier molecular flexibility index (Phi) is 7.35. The van der Waals surface area contributed by atoms with Crippen LogP contribution < -0.4 is 5.73 Å². The normalized spacial score (nSPS) is 11.9. The van der Waals surface area contributed by atoms with Gasteiger partial charge in [-0.05, 0) is 24.1 Å². The van der Waals surface area contributed by atoms with Gasteiger partial charge in [-0.1, -0.05) is 38.3 Å². The molecule has 0 aliphatic heterocycles. The number of rotatable bonds is 5. The number of hydrogen-bond donors (Lipinski definition) is 1. The van der Waals surface area contributed by atoms with Crippen molar-refractivity contribution in [3.05, 3.63) is 35.6 Å². The van der Waals surface area contributed by atoms with E-state index in [2.05, 4.69) is 6.92 Å². The summed E-state index contributed by atoms with van der Waals surface area (Å²) in [6.45, 7) is 2.16. The highest BCUT2D eigenvalue weighted by molar-refractivity contribution is 5.85. The summed E-state index contributed by atoms with van der Waals surface area (Å²) < 4.78 is 12.9. The Bertz CT molecular complexity index is 278. The number of nitrogens with two attached hydrogens (primary N) is 1. The quantitative estimate of drug-likeness (QED) is 0.766. The van der Waals surface area contributed by atoms with Crippen LogP contribution in [0, 0.1) is 5.82 Å². The van der Waals surface area contributed by atoms with Gasteiger partial charge in [-0.15, -0.1) is 12.4 Å². The van der Waals surface area contributed by atoms with Gasteiger partial charge in [-0.25, -0.2) is 4.39 Å². The van der Waals surface area contributed by atoms with Gasteiger partial charge in [-0.3, -0.25) is 0 Å². The molecule has 1 aromatic rings. The zero-order valence-corrected chi connectivity index (χ0v) is 9.90.